The first-order valence-electron chi connectivity index (χ1n) is 9.70. The van der Waals surface area contributed by atoms with Gasteiger partial charge in [0.2, 0.25) is 0 Å². The van der Waals surface area contributed by atoms with Crippen molar-refractivity contribution in [3.8, 4) is 0 Å². The zero-order chi connectivity index (χ0) is 20.2. The van der Waals surface area contributed by atoms with Crippen molar-refractivity contribution in [1.82, 2.24) is 29.2 Å². The topological polar surface area (TPSA) is 85.9 Å². The summed E-state index contributed by atoms with van der Waals surface area (Å²) in [6.45, 7) is 7.46. The zero-order valence-corrected chi connectivity index (χ0v) is 18.1. The lowest BCUT2D eigenvalue weighted by Crippen LogP contribution is -2.45. The third-order valence-corrected chi connectivity index (χ3v) is 7.79. The lowest BCUT2D eigenvalue weighted by molar-refractivity contribution is 0.299. The fourth-order valence-corrected chi connectivity index (χ4v) is 5.90. The van der Waals surface area contributed by atoms with Crippen LogP contribution in [0.1, 0.15) is 39.9 Å². The summed E-state index contributed by atoms with van der Waals surface area (Å²) in [5.41, 5.74) is 2.56. The number of hydrogen-bond donors (Lipinski definition) is 0. The molecule has 3 aromatic rings. The van der Waals surface area contributed by atoms with Crippen molar-refractivity contribution in [2.45, 2.75) is 51.7 Å². The molecule has 0 amide bonds. The second-order valence-corrected chi connectivity index (χ2v) is 9.95. The van der Waals surface area contributed by atoms with Crippen molar-refractivity contribution in [3.63, 3.8) is 0 Å². The summed E-state index contributed by atoms with van der Waals surface area (Å²) in [5.74, 6) is 0.762. The molecule has 2 aliphatic heterocycles. The Balaban J connectivity index is 1.46. The summed E-state index contributed by atoms with van der Waals surface area (Å²) in [6.07, 6.45) is 1.80. The van der Waals surface area contributed by atoms with Crippen molar-refractivity contribution in [1.29, 1.82) is 0 Å². The van der Waals surface area contributed by atoms with E-state index in [1.807, 2.05) is 24.7 Å². The molecule has 1 spiro atoms. The molecule has 1 fully saturated rings. The first-order chi connectivity index (χ1) is 13.9. The smallest absolute Gasteiger partial charge is 0.297 e. The number of rotatable bonds is 4. The molecule has 0 saturated carbocycles. The van der Waals surface area contributed by atoms with Gasteiger partial charge in [-0.1, -0.05) is 0 Å². The van der Waals surface area contributed by atoms with Crippen LogP contribution in [-0.4, -0.2) is 42.3 Å². The van der Waals surface area contributed by atoms with Crippen LogP contribution in [0.15, 0.2) is 20.5 Å². The molecular formula is C19H22N6O2S2. The van der Waals surface area contributed by atoms with E-state index in [9.17, 15) is 9.59 Å². The molecule has 1 saturated heterocycles. The van der Waals surface area contributed by atoms with Crippen molar-refractivity contribution >= 4 is 22.7 Å². The third kappa shape index (κ3) is 3.19. The highest BCUT2D eigenvalue weighted by Gasteiger charge is 2.47. The van der Waals surface area contributed by atoms with Gasteiger partial charge in [-0.2, -0.15) is 5.10 Å². The standard InChI is InChI=1S/C19H22N6O2S2/c1-12-15(29-11-20-12)8-23-5-3-19(10-23)4-6-24-16(26)17(27)25(22-18(19)24)7-14-9-28-13(2)21-14/h9,11H,3-8,10H2,1-2H3/t19-/m1/s1. The van der Waals surface area contributed by atoms with E-state index in [-0.39, 0.29) is 12.0 Å². The minimum Gasteiger partial charge on any atom is -0.297 e. The average Bonchev–Trinajstić information content (AvgIpc) is 3.46. The van der Waals surface area contributed by atoms with Gasteiger partial charge >= 0.3 is 11.1 Å². The van der Waals surface area contributed by atoms with Crippen LogP contribution in [0.2, 0.25) is 0 Å². The van der Waals surface area contributed by atoms with Crippen LogP contribution in [0.4, 0.5) is 0 Å². The molecule has 0 radical (unpaired) electrons. The molecule has 0 bridgehead atoms. The second kappa shape index (κ2) is 6.96. The fraction of sp³-hybridized carbons (Fsp3) is 0.526. The minimum absolute atomic E-state index is 0.162. The van der Waals surface area contributed by atoms with Gasteiger partial charge < -0.3 is 0 Å². The first kappa shape index (κ1) is 18.8. The van der Waals surface area contributed by atoms with E-state index >= 15 is 0 Å². The summed E-state index contributed by atoms with van der Waals surface area (Å²) < 4.78 is 2.91. The second-order valence-electron chi connectivity index (χ2n) is 7.95. The van der Waals surface area contributed by atoms with Gasteiger partial charge in [0.05, 0.1) is 28.5 Å². The molecule has 2 aliphatic rings. The van der Waals surface area contributed by atoms with Gasteiger partial charge in [-0.25, -0.2) is 14.6 Å². The predicted octanol–water partition coefficient (Wildman–Crippen LogP) is 1.53. The van der Waals surface area contributed by atoms with E-state index in [0.29, 0.717) is 6.54 Å². The Morgan fingerprint density at radius 3 is 2.66 bits per heavy atom. The number of hydrogen-bond acceptors (Lipinski definition) is 8. The average molecular weight is 431 g/mol. The van der Waals surface area contributed by atoms with E-state index < -0.39 is 11.1 Å². The minimum atomic E-state index is -0.563. The summed E-state index contributed by atoms with van der Waals surface area (Å²) in [6, 6.07) is 0. The monoisotopic (exact) mass is 430 g/mol. The Kier molecular flexibility index (Phi) is 4.52. The summed E-state index contributed by atoms with van der Waals surface area (Å²) in [7, 11) is 0. The van der Waals surface area contributed by atoms with Gasteiger partial charge in [0, 0.05) is 35.3 Å². The maximum Gasteiger partial charge on any atom is 0.332 e. The van der Waals surface area contributed by atoms with E-state index in [2.05, 4.69) is 14.9 Å². The molecule has 5 rings (SSSR count). The number of aryl methyl sites for hydroxylation is 2. The normalized spacial score (nSPS) is 21.3. The van der Waals surface area contributed by atoms with Gasteiger partial charge in [-0.05, 0) is 33.2 Å². The third-order valence-electron chi connectivity index (χ3n) is 6.05. The Morgan fingerprint density at radius 1 is 1.10 bits per heavy atom. The van der Waals surface area contributed by atoms with Crippen molar-refractivity contribution in [3.05, 3.63) is 58.7 Å². The number of aromatic nitrogens is 5. The molecule has 0 aliphatic carbocycles. The predicted molar refractivity (Wildman–Crippen MR) is 112 cm³/mol. The van der Waals surface area contributed by atoms with Crippen LogP contribution >= 0.6 is 22.7 Å². The molecule has 0 N–H and O–H groups in total. The van der Waals surface area contributed by atoms with Gasteiger partial charge in [0.25, 0.3) is 0 Å². The molecule has 5 heterocycles. The zero-order valence-electron chi connectivity index (χ0n) is 16.4. The first-order valence-corrected chi connectivity index (χ1v) is 11.5. The molecular weight excluding hydrogens is 408 g/mol. The Morgan fingerprint density at radius 2 is 1.93 bits per heavy atom. The molecule has 152 valence electrons. The fourth-order valence-electron chi connectivity index (χ4n) is 4.48. The van der Waals surface area contributed by atoms with Crippen LogP contribution in [0.5, 0.6) is 0 Å². The van der Waals surface area contributed by atoms with Gasteiger partial charge in [-0.3, -0.25) is 19.1 Å². The number of thiazole rings is 2. The Bertz CT molecular complexity index is 1190. The largest absolute Gasteiger partial charge is 0.332 e. The molecule has 8 nitrogen and oxygen atoms in total. The van der Waals surface area contributed by atoms with E-state index in [4.69, 9.17) is 5.10 Å². The summed E-state index contributed by atoms with van der Waals surface area (Å²) >= 11 is 3.22. The van der Waals surface area contributed by atoms with Crippen LogP contribution in [0.3, 0.4) is 0 Å². The van der Waals surface area contributed by atoms with E-state index in [1.165, 1.54) is 20.9 Å². The van der Waals surface area contributed by atoms with Gasteiger partial charge in [-0.15, -0.1) is 22.7 Å². The lowest BCUT2D eigenvalue weighted by atomic mass is 9.85. The van der Waals surface area contributed by atoms with Gasteiger partial charge in [0.15, 0.2) is 0 Å². The van der Waals surface area contributed by atoms with Crippen LogP contribution < -0.4 is 11.1 Å². The highest BCUT2D eigenvalue weighted by Crippen LogP contribution is 2.41. The van der Waals surface area contributed by atoms with Crippen LogP contribution in [-0.2, 0) is 25.0 Å². The molecule has 10 heteroatoms. The Hall–Kier alpha value is -2.17. The lowest BCUT2D eigenvalue weighted by Gasteiger charge is -2.23. The SMILES string of the molecule is Cc1nc(Cn2nc3n(c(=O)c2=O)CC[C@@]32CCN(Cc3scnc3C)C2)cs1. The highest BCUT2D eigenvalue weighted by atomic mass is 32.1. The van der Waals surface area contributed by atoms with Crippen molar-refractivity contribution in [2.75, 3.05) is 13.1 Å². The van der Waals surface area contributed by atoms with Crippen LogP contribution in [0, 0.1) is 13.8 Å². The molecule has 0 aromatic carbocycles. The van der Waals surface area contributed by atoms with Crippen LogP contribution in [0.25, 0.3) is 0 Å². The van der Waals surface area contributed by atoms with E-state index in [1.54, 1.807) is 15.9 Å². The van der Waals surface area contributed by atoms with Gasteiger partial charge in [0.1, 0.15) is 5.82 Å². The van der Waals surface area contributed by atoms with E-state index in [0.717, 1.165) is 54.7 Å². The number of nitrogens with zero attached hydrogens (tertiary/aromatic N) is 6. The summed E-state index contributed by atoms with van der Waals surface area (Å²) in [4.78, 5) is 37.8. The number of likely N-dealkylation sites (tertiary alicyclic amines) is 1. The van der Waals surface area contributed by atoms with Crippen molar-refractivity contribution in [2.24, 2.45) is 0 Å². The molecule has 1 atom stereocenters. The van der Waals surface area contributed by atoms with Crippen molar-refractivity contribution < 1.29 is 0 Å². The molecule has 3 aromatic heterocycles. The molecule has 29 heavy (non-hydrogen) atoms. The quantitative estimate of drug-likeness (QED) is 0.584. The number of fused-ring (bicyclic) bond motifs is 2. The Labute approximate surface area is 175 Å². The highest BCUT2D eigenvalue weighted by molar-refractivity contribution is 7.09. The maximum absolute atomic E-state index is 12.8. The summed E-state index contributed by atoms with van der Waals surface area (Å²) in [5, 5.41) is 7.55. The molecule has 0 unspecified atom stereocenters. The maximum atomic E-state index is 12.8.